The van der Waals surface area contributed by atoms with Crippen LogP contribution in [-0.2, 0) is 10.3 Å². The Hall–Kier alpha value is -3.36. The van der Waals surface area contributed by atoms with Crippen molar-refractivity contribution >= 4 is 28.6 Å². The van der Waals surface area contributed by atoms with Gasteiger partial charge in [0.25, 0.3) is 5.56 Å². The highest BCUT2D eigenvalue weighted by Crippen LogP contribution is 2.26. The summed E-state index contributed by atoms with van der Waals surface area (Å²) in [7, 11) is 0. The van der Waals surface area contributed by atoms with Crippen LogP contribution in [0.5, 0.6) is 5.75 Å². The molecule has 1 aromatic carbocycles. The molecular weight excluding hydrogens is 384 g/mol. The van der Waals surface area contributed by atoms with Gasteiger partial charge in [0, 0.05) is 19.0 Å². The third kappa shape index (κ3) is 3.74. The lowest BCUT2D eigenvalue weighted by Gasteiger charge is -2.31. The first-order valence-electron chi connectivity index (χ1n) is 10.1. The molecule has 1 saturated heterocycles. The van der Waals surface area contributed by atoms with Gasteiger partial charge in [0.1, 0.15) is 11.1 Å². The summed E-state index contributed by atoms with van der Waals surface area (Å²) in [6.07, 6.45) is 2.80. The minimum Gasteiger partial charge on any atom is -0.506 e. The fourth-order valence-corrected chi connectivity index (χ4v) is 3.72. The first kappa shape index (κ1) is 19.9. The fraction of sp³-hybridized carbons (Fsp3) is 0.429. The Morgan fingerprint density at radius 1 is 1.23 bits per heavy atom. The van der Waals surface area contributed by atoms with Crippen LogP contribution in [0.25, 0.3) is 11.0 Å². The summed E-state index contributed by atoms with van der Waals surface area (Å²) in [6, 6.07) is 6.68. The number of fused-ring (bicyclic) bond motifs is 1. The standard InChI is InChI=1S/C21H26N6O3/c1-21(2,3)27-17-14(12-22-27)19(30)25-20(24-17)26-10-8-13(9-11-26)18(29)23-15-6-4-5-7-16(15)28/h4-7,12-13,28H,8-11H2,1-3H3,(H,23,29)(H,24,25,30). The number of carbonyl (C=O) groups excluding carboxylic acids is 1. The summed E-state index contributed by atoms with van der Waals surface area (Å²) in [5, 5.41) is 17.4. The zero-order chi connectivity index (χ0) is 21.5. The minimum absolute atomic E-state index is 0.0498. The molecule has 1 aliphatic heterocycles. The van der Waals surface area contributed by atoms with E-state index in [-0.39, 0.29) is 28.7 Å². The molecule has 1 fully saturated rings. The number of aromatic amines is 1. The maximum Gasteiger partial charge on any atom is 0.263 e. The second kappa shape index (κ2) is 7.47. The number of rotatable bonds is 3. The van der Waals surface area contributed by atoms with E-state index in [4.69, 9.17) is 0 Å². The van der Waals surface area contributed by atoms with Crippen LogP contribution in [0.15, 0.2) is 35.3 Å². The molecular formula is C21H26N6O3. The smallest absolute Gasteiger partial charge is 0.263 e. The molecule has 0 bridgehead atoms. The number of amides is 1. The summed E-state index contributed by atoms with van der Waals surface area (Å²) >= 11 is 0. The van der Waals surface area contributed by atoms with Crippen LogP contribution in [0.4, 0.5) is 11.6 Å². The van der Waals surface area contributed by atoms with Gasteiger partial charge >= 0.3 is 0 Å². The van der Waals surface area contributed by atoms with Crippen LogP contribution in [-0.4, -0.2) is 43.9 Å². The van der Waals surface area contributed by atoms with Gasteiger partial charge in [0.15, 0.2) is 5.65 Å². The van der Waals surface area contributed by atoms with Crippen molar-refractivity contribution in [3.05, 3.63) is 40.8 Å². The van der Waals surface area contributed by atoms with Crippen LogP contribution in [0.2, 0.25) is 0 Å². The molecule has 0 atom stereocenters. The second-order valence-corrected chi connectivity index (χ2v) is 8.62. The molecule has 0 aliphatic carbocycles. The number of para-hydroxylation sites is 2. The largest absolute Gasteiger partial charge is 0.506 e. The van der Waals surface area contributed by atoms with E-state index in [1.165, 1.54) is 0 Å². The van der Waals surface area contributed by atoms with E-state index in [0.29, 0.717) is 48.6 Å². The average molecular weight is 410 g/mol. The van der Waals surface area contributed by atoms with Crippen LogP contribution >= 0.6 is 0 Å². The lowest BCUT2D eigenvalue weighted by Crippen LogP contribution is -2.39. The third-order valence-corrected chi connectivity index (χ3v) is 5.39. The molecule has 158 valence electrons. The molecule has 9 nitrogen and oxygen atoms in total. The van der Waals surface area contributed by atoms with Crippen LogP contribution in [0.3, 0.4) is 0 Å². The Morgan fingerprint density at radius 3 is 2.60 bits per heavy atom. The van der Waals surface area contributed by atoms with Crippen molar-refractivity contribution < 1.29 is 9.90 Å². The monoisotopic (exact) mass is 410 g/mol. The van der Waals surface area contributed by atoms with Crippen molar-refractivity contribution in [2.24, 2.45) is 5.92 Å². The number of carbonyl (C=O) groups is 1. The molecule has 0 radical (unpaired) electrons. The Bertz CT molecular complexity index is 1140. The summed E-state index contributed by atoms with van der Waals surface area (Å²) < 4.78 is 1.76. The summed E-state index contributed by atoms with van der Waals surface area (Å²) in [5.74, 6) is 0.266. The van der Waals surface area contributed by atoms with Crippen LogP contribution in [0.1, 0.15) is 33.6 Å². The summed E-state index contributed by atoms with van der Waals surface area (Å²) in [4.78, 5) is 34.6. The molecule has 30 heavy (non-hydrogen) atoms. The van der Waals surface area contributed by atoms with Gasteiger partial charge in [-0.15, -0.1) is 0 Å². The average Bonchev–Trinajstić information content (AvgIpc) is 3.15. The Kier molecular flexibility index (Phi) is 4.97. The molecule has 0 saturated carbocycles. The number of anilines is 2. The number of phenolic OH excluding ortho intramolecular Hbond substituents is 1. The Balaban J connectivity index is 1.49. The molecule has 1 aliphatic rings. The van der Waals surface area contributed by atoms with Crippen molar-refractivity contribution in [2.75, 3.05) is 23.3 Å². The number of benzene rings is 1. The highest BCUT2D eigenvalue weighted by atomic mass is 16.3. The zero-order valence-electron chi connectivity index (χ0n) is 17.3. The fourth-order valence-electron chi connectivity index (χ4n) is 3.72. The predicted molar refractivity (Wildman–Crippen MR) is 115 cm³/mol. The number of H-pyrrole nitrogens is 1. The molecule has 0 unspecified atom stereocenters. The van der Waals surface area contributed by atoms with Gasteiger partial charge in [-0.3, -0.25) is 14.6 Å². The molecule has 3 N–H and O–H groups in total. The third-order valence-electron chi connectivity index (χ3n) is 5.39. The molecule has 3 aromatic rings. The first-order chi connectivity index (χ1) is 14.2. The van der Waals surface area contributed by atoms with Crippen LogP contribution < -0.4 is 15.8 Å². The normalized spacial score (nSPS) is 15.5. The van der Waals surface area contributed by atoms with E-state index >= 15 is 0 Å². The van der Waals surface area contributed by atoms with Gasteiger partial charge in [0.05, 0.1) is 17.4 Å². The molecule has 2 aromatic heterocycles. The molecule has 0 spiro atoms. The highest BCUT2D eigenvalue weighted by molar-refractivity contribution is 5.94. The Morgan fingerprint density at radius 2 is 1.93 bits per heavy atom. The van der Waals surface area contributed by atoms with Crippen molar-refractivity contribution in [3.8, 4) is 5.75 Å². The maximum absolute atomic E-state index is 12.6. The number of aromatic nitrogens is 4. The first-order valence-corrected chi connectivity index (χ1v) is 10.1. The van der Waals surface area contributed by atoms with Gasteiger partial charge < -0.3 is 15.3 Å². The number of nitrogens with zero attached hydrogens (tertiary/aromatic N) is 4. The summed E-state index contributed by atoms with van der Waals surface area (Å²) in [5.41, 5.74) is 0.455. The van der Waals surface area contributed by atoms with Crippen molar-refractivity contribution in [1.29, 1.82) is 0 Å². The van der Waals surface area contributed by atoms with Crippen molar-refractivity contribution in [1.82, 2.24) is 19.7 Å². The Labute approximate surface area is 173 Å². The molecule has 4 rings (SSSR count). The van der Waals surface area contributed by atoms with E-state index < -0.39 is 0 Å². The lowest BCUT2D eigenvalue weighted by atomic mass is 9.96. The van der Waals surface area contributed by atoms with E-state index in [9.17, 15) is 14.7 Å². The lowest BCUT2D eigenvalue weighted by molar-refractivity contribution is -0.120. The summed E-state index contributed by atoms with van der Waals surface area (Å²) in [6.45, 7) is 7.22. The quantitative estimate of drug-likeness (QED) is 0.571. The minimum atomic E-state index is -0.298. The van der Waals surface area contributed by atoms with Crippen molar-refractivity contribution in [2.45, 2.75) is 39.2 Å². The highest BCUT2D eigenvalue weighted by Gasteiger charge is 2.27. The van der Waals surface area contributed by atoms with Gasteiger partial charge in [0.2, 0.25) is 11.9 Å². The zero-order valence-corrected chi connectivity index (χ0v) is 17.3. The van der Waals surface area contributed by atoms with Crippen LogP contribution in [0, 0.1) is 5.92 Å². The van der Waals surface area contributed by atoms with E-state index in [2.05, 4.69) is 20.4 Å². The van der Waals surface area contributed by atoms with E-state index in [1.807, 2.05) is 25.7 Å². The number of hydrogen-bond donors (Lipinski definition) is 3. The number of piperidine rings is 1. The number of hydrogen-bond acceptors (Lipinski definition) is 6. The maximum atomic E-state index is 12.6. The second-order valence-electron chi connectivity index (χ2n) is 8.62. The van der Waals surface area contributed by atoms with Gasteiger partial charge in [-0.1, -0.05) is 12.1 Å². The number of aromatic hydroxyl groups is 1. The van der Waals surface area contributed by atoms with Gasteiger partial charge in [-0.05, 0) is 45.7 Å². The topological polar surface area (TPSA) is 116 Å². The molecule has 1 amide bonds. The number of phenols is 1. The van der Waals surface area contributed by atoms with Gasteiger partial charge in [-0.2, -0.15) is 10.1 Å². The van der Waals surface area contributed by atoms with E-state index in [1.54, 1.807) is 35.1 Å². The van der Waals surface area contributed by atoms with Crippen molar-refractivity contribution in [3.63, 3.8) is 0 Å². The SMILES string of the molecule is CC(C)(C)n1ncc2c(=O)[nH]c(N3CCC(C(=O)Nc4ccccc4O)CC3)nc21. The number of nitrogens with one attached hydrogen (secondary N) is 2. The van der Waals surface area contributed by atoms with E-state index in [0.717, 1.165) is 0 Å². The van der Waals surface area contributed by atoms with Gasteiger partial charge in [-0.25, -0.2) is 4.68 Å². The molecule has 9 heteroatoms. The molecule has 3 heterocycles. The predicted octanol–water partition coefficient (Wildman–Crippen LogP) is 2.44.